The van der Waals surface area contributed by atoms with Crippen molar-refractivity contribution < 1.29 is 28.6 Å². The minimum absolute atomic E-state index is 0.00346. The molecule has 1 unspecified atom stereocenters. The van der Waals surface area contributed by atoms with Crippen molar-refractivity contribution in [3.8, 4) is 12.1 Å². The summed E-state index contributed by atoms with van der Waals surface area (Å²) in [4.78, 5) is 38.4. The number of rotatable bonds is 9. The van der Waals surface area contributed by atoms with Crippen molar-refractivity contribution in [3.63, 3.8) is 0 Å². The number of amides is 1. The molecule has 0 saturated heterocycles. The molecule has 0 aliphatic rings. The van der Waals surface area contributed by atoms with Crippen LogP contribution in [-0.2, 0) is 19.0 Å². The maximum Gasteiger partial charge on any atom is 0.414 e. The van der Waals surface area contributed by atoms with Crippen LogP contribution < -0.4 is 4.90 Å². The minimum Gasteiger partial charge on any atom is -0.466 e. The number of benzene rings is 1. The lowest BCUT2D eigenvalue weighted by Crippen LogP contribution is -2.39. The van der Waals surface area contributed by atoms with E-state index in [1.165, 1.54) is 17.0 Å². The second kappa shape index (κ2) is 12.3. The van der Waals surface area contributed by atoms with Gasteiger partial charge in [-0.25, -0.2) is 9.59 Å². The number of carbonyl (C=O) groups is 3. The summed E-state index contributed by atoms with van der Waals surface area (Å²) < 4.78 is 15.4. The minimum atomic E-state index is -1.22. The summed E-state index contributed by atoms with van der Waals surface area (Å²) in [5, 5.41) is 18.5. The number of ether oxygens (including phenoxy) is 3. The van der Waals surface area contributed by atoms with E-state index >= 15 is 0 Å². The summed E-state index contributed by atoms with van der Waals surface area (Å²) >= 11 is 0. The average molecular weight is 444 g/mol. The van der Waals surface area contributed by atoms with Gasteiger partial charge in [0.25, 0.3) is 0 Å². The molecule has 1 aromatic carbocycles. The predicted molar refractivity (Wildman–Crippen MR) is 115 cm³/mol. The molecule has 0 aromatic heterocycles. The van der Waals surface area contributed by atoms with Gasteiger partial charge in [-0.3, -0.25) is 9.69 Å². The molecule has 0 heterocycles. The van der Waals surface area contributed by atoms with Crippen LogP contribution in [0.3, 0.4) is 0 Å². The molecule has 1 amide bonds. The lowest BCUT2D eigenvalue weighted by Gasteiger charge is -2.28. The van der Waals surface area contributed by atoms with Crippen LogP contribution in [-0.4, -0.2) is 43.4 Å². The maximum absolute atomic E-state index is 12.9. The fraction of sp³-hybridized carbons (Fsp3) is 0.522. The number of anilines is 1. The van der Waals surface area contributed by atoms with Gasteiger partial charge in [0, 0.05) is 12.2 Å². The monoisotopic (exact) mass is 443 g/mol. The summed E-state index contributed by atoms with van der Waals surface area (Å²) in [6.45, 7) is 8.80. The third-order valence-electron chi connectivity index (χ3n) is 4.24. The smallest absolute Gasteiger partial charge is 0.414 e. The molecule has 0 N–H and O–H groups in total. The molecular formula is C23H29N3O6. The van der Waals surface area contributed by atoms with Gasteiger partial charge in [0.1, 0.15) is 11.5 Å². The fourth-order valence-corrected chi connectivity index (χ4v) is 2.78. The highest BCUT2D eigenvalue weighted by Gasteiger charge is 2.32. The van der Waals surface area contributed by atoms with Gasteiger partial charge in [0.05, 0.1) is 36.8 Å². The normalized spacial score (nSPS) is 11.6. The first kappa shape index (κ1) is 26.4. The van der Waals surface area contributed by atoms with Crippen molar-refractivity contribution in [1.82, 2.24) is 0 Å². The van der Waals surface area contributed by atoms with Crippen molar-refractivity contribution in [3.05, 3.63) is 29.8 Å². The first-order chi connectivity index (χ1) is 15.1. The SMILES string of the molecule is CCOC(=O)c1ccc(N(CCC(C(=O)OCC)C(C#N)C#N)C(=O)OC(C)(C)C)cc1. The highest BCUT2D eigenvalue weighted by atomic mass is 16.6. The molecule has 9 nitrogen and oxygen atoms in total. The van der Waals surface area contributed by atoms with Crippen LogP contribution in [0.2, 0.25) is 0 Å². The van der Waals surface area contributed by atoms with E-state index in [1.54, 1.807) is 58.9 Å². The zero-order valence-corrected chi connectivity index (χ0v) is 19.1. The third-order valence-corrected chi connectivity index (χ3v) is 4.24. The van der Waals surface area contributed by atoms with Crippen LogP contribution >= 0.6 is 0 Å². The first-order valence-electron chi connectivity index (χ1n) is 10.3. The molecule has 32 heavy (non-hydrogen) atoms. The second-order valence-electron chi connectivity index (χ2n) is 7.78. The summed E-state index contributed by atoms with van der Waals surface area (Å²) in [6, 6.07) is 9.76. The Bertz CT molecular complexity index is 863. The van der Waals surface area contributed by atoms with E-state index in [-0.39, 0.29) is 26.2 Å². The van der Waals surface area contributed by atoms with E-state index < -0.39 is 35.5 Å². The Morgan fingerprint density at radius 3 is 2.03 bits per heavy atom. The van der Waals surface area contributed by atoms with Crippen LogP contribution in [0.5, 0.6) is 0 Å². The van der Waals surface area contributed by atoms with Crippen LogP contribution in [0, 0.1) is 34.5 Å². The number of hydrogen-bond donors (Lipinski definition) is 0. The highest BCUT2D eigenvalue weighted by Crippen LogP contribution is 2.24. The molecule has 0 saturated carbocycles. The Morgan fingerprint density at radius 1 is 1.00 bits per heavy atom. The molecule has 1 rings (SSSR count). The average Bonchev–Trinajstić information content (AvgIpc) is 2.72. The Balaban J connectivity index is 3.20. The van der Waals surface area contributed by atoms with Gasteiger partial charge in [-0.1, -0.05) is 0 Å². The number of esters is 2. The van der Waals surface area contributed by atoms with E-state index in [9.17, 15) is 24.9 Å². The zero-order chi connectivity index (χ0) is 24.3. The molecule has 172 valence electrons. The van der Waals surface area contributed by atoms with Crippen molar-refractivity contribution in [2.24, 2.45) is 11.8 Å². The van der Waals surface area contributed by atoms with Gasteiger partial charge in [-0.2, -0.15) is 10.5 Å². The third kappa shape index (κ3) is 7.92. The van der Waals surface area contributed by atoms with E-state index in [2.05, 4.69) is 0 Å². The molecule has 0 aliphatic carbocycles. The number of nitrogens with zero attached hydrogens (tertiary/aromatic N) is 3. The van der Waals surface area contributed by atoms with Gasteiger partial charge in [-0.05, 0) is 65.3 Å². The lowest BCUT2D eigenvalue weighted by atomic mass is 9.91. The molecule has 0 spiro atoms. The van der Waals surface area contributed by atoms with Crippen LogP contribution in [0.4, 0.5) is 10.5 Å². The van der Waals surface area contributed by atoms with Crippen LogP contribution in [0.1, 0.15) is 51.4 Å². The summed E-state index contributed by atoms with van der Waals surface area (Å²) in [5.74, 6) is -3.42. The van der Waals surface area contributed by atoms with Crippen molar-refractivity contribution in [2.45, 2.75) is 46.6 Å². The Morgan fingerprint density at radius 2 is 1.56 bits per heavy atom. The molecule has 1 aromatic rings. The zero-order valence-electron chi connectivity index (χ0n) is 19.1. The summed E-state index contributed by atoms with van der Waals surface area (Å²) in [5.41, 5.74) is -0.0405. The quantitative estimate of drug-likeness (QED) is 0.416. The van der Waals surface area contributed by atoms with Gasteiger partial charge < -0.3 is 14.2 Å². The van der Waals surface area contributed by atoms with Crippen molar-refractivity contribution >= 4 is 23.7 Å². The number of carbonyl (C=O) groups excluding carboxylic acids is 3. The maximum atomic E-state index is 12.9. The van der Waals surface area contributed by atoms with E-state index in [1.807, 2.05) is 0 Å². The second-order valence-corrected chi connectivity index (χ2v) is 7.78. The molecule has 1 atom stereocenters. The van der Waals surface area contributed by atoms with Crippen molar-refractivity contribution in [1.29, 1.82) is 10.5 Å². The highest BCUT2D eigenvalue weighted by molar-refractivity contribution is 5.92. The molecular weight excluding hydrogens is 414 g/mol. The first-order valence-corrected chi connectivity index (χ1v) is 10.3. The number of hydrogen-bond acceptors (Lipinski definition) is 8. The Kier molecular flexibility index (Phi) is 10.2. The molecule has 0 radical (unpaired) electrons. The van der Waals surface area contributed by atoms with E-state index in [0.717, 1.165) is 0 Å². The lowest BCUT2D eigenvalue weighted by molar-refractivity contribution is -0.148. The van der Waals surface area contributed by atoms with Gasteiger partial charge in [0.15, 0.2) is 0 Å². The van der Waals surface area contributed by atoms with E-state index in [0.29, 0.717) is 11.3 Å². The largest absolute Gasteiger partial charge is 0.466 e. The van der Waals surface area contributed by atoms with Crippen LogP contribution in [0.25, 0.3) is 0 Å². The summed E-state index contributed by atoms with van der Waals surface area (Å²) in [7, 11) is 0. The van der Waals surface area contributed by atoms with Gasteiger partial charge >= 0.3 is 18.0 Å². The summed E-state index contributed by atoms with van der Waals surface area (Å²) in [6.07, 6.45) is -0.668. The van der Waals surface area contributed by atoms with E-state index in [4.69, 9.17) is 14.2 Å². The Hall–Kier alpha value is -3.59. The Labute approximate surface area is 188 Å². The topological polar surface area (TPSA) is 130 Å². The molecule has 0 bridgehead atoms. The van der Waals surface area contributed by atoms with Gasteiger partial charge in [0.2, 0.25) is 0 Å². The molecule has 0 fully saturated rings. The standard InChI is InChI=1S/C23H29N3O6/c1-6-30-20(27)16-8-10-18(11-9-16)26(22(29)32-23(3,4)5)13-12-19(17(14-24)15-25)21(28)31-7-2/h8-11,17,19H,6-7,12-13H2,1-5H3. The predicted octanol–water partition coefficient (Wildman–Crippen LogP) is 3.84. The van der Waals surface area contributed by atoms with Crippen molar-refractivity contribution in [2.75, 3.05) is 24.7 Å². The fourth-order valence-electron chi connectivity index (χ4n) is 2.78. The molecule has 9 heteroatoms. The van der Waals surface area contributed by atoms with Gasteiger partial charge in [-0.15, -0.1) is 0 Å². The van der Waals surface area contributed by atoms with Crippen LogP contribution in [0.15, 0.2) is 24.3 Å². The molecule has 0 aliphatic heterocycles. The number of nitriles is 2.